The number of hydrogen-bond donors (Lipinski definition) is 2. The second kappa shape index (κ2) is 9.83. The van der Waals surface area contributed by atoms with Crippen molar-refractivity contribution in [2.75, 3.05) is 37.4 Å². The minimum absolute atomic E-state index is 0.382. The molecule has 0 amide bonds. The first-order valence-electron chi connectivity index (χ1n) is 12.0. The van der Waals surface area contributed by atoms with E-state index in [1.165, 1.54) is 0 Å². The predicted octanol–water partition coefficient (Wildman–Crippen LogP) is 3.78. The maximum Gasteiger partial charge on any atom is 0.227 e. The third-order valence-electron chi connectivity index (χ3n) is 6.25. The Hall–Kier alpha value is -3.79. The zero-order valence-electron chi connectivity index (χ0n) is 20.6. The molecule has 2 N–H and O–H groups in total. The molecule has 0 atom stereocenters. The van der Waals surface area contributed by atoms with Gasteiger partial charge in [-0.1, -0.05) is 0 Å². The van der Waals surface area contributed by atoms with Crippen molar-refractivity contribution < 1.29 is 4.74 Å². The topological polar surface area (TPSA) is 106 Å². The van der Waals surface area contributed by atoms with E-state index in [-0.39, 0.29) is 0 Å². The van der Waals surface area contributed by atoms with Crippen LogP contribution in [0.5, 0.6) is 5.75 Å². The Bertz CT molecular complexity index is 1330. The smallest absolute Gasteiger partial charge is 0.227 e. The molecule has 0 unspecified atom stereocenters. The highest BCUT2D eigenvalue weighted by atomic mass is 16.5. The number of pyridine rings is 1. The van der Waals surface area contributed by atoms with Crippen molar-refractivity contribution in [3.8, 4) is 17.1 Å². The number of fused-ring (bicyclic) bond motifs is 1. The second-order valence-electron chi connectivity index (χ2n) is 9.00. The van der Waals surface area contributed by atoms with Crippen LogP contribution < -0.4 is 15.4 Å². The third-order valence-corrected chi connectivity index (χ3v) is 6.25. The first-order chi connectivity index (χ1) is 17.0. The molecular formula is C25H31N9O. The molecule has 1 saturated heterocycles. The Balaban J connectivity index is 1.45. The summed E-state index contributed by atoms with van der Waals surface area (Å²) in [5, 5.41) is 16.1. The van der Waals surface area contributed by atoms with E-state index in [4.69, 9.17) is 14.7 Å². The van der Waals surface area contributed by atoms with E-state index in [9.17, 15) is 0 Å². The van der Waals surface area contributed by atoms with Crippen LogP contribution in [0.3, 0.4) is 0 Å². The van der Waals surface area contributed by atoms with Crippen molar-refractivity contribution in [3.05, 3.63) is 42.5 Å². The van der Waals surface area contributed by atoms with E-state index >= 15 is 0 Å². The normalized spacial score (nSPS) is 14.9. The number of rotatable bonds is 7. The van der Waals surface area contributed by atoms with Gasteiger partial charge in [0.1, 0.15) is 17.6 Å². The molecule has 0 aliphatic carbocycles. The first-order valence-corrected chi connectivity index (χ1v) is 12.0. The van der Waals surface area contributed by atoms with Crippen LogP contribution in [0, 0.1) is 6.92 Å². The van der Waals surface area contributed by atoms with Gasteiger partial charge in [-0.15, -0.1) is 10.2 Å². The molecule has 35 heavy (non-hydrogen) atoms. The summed E-state index contributed by atoms with van der Waals surface area (Å²) in [6.45, 7) is 6.64. The Kier molecular flexibility index (Phi) is 6.45. The summed E-state index contributed by atoms with van der Waals surface area (Å²) in [5.41, 5.74) is 3.45. The summed E-state index contributed by atoms with van der Waals surface area (Å²) in [7, 11) is 4.08. The lowest BCUT2D eigenvalue weighted by Crippen LogP contribution is -2.37. The van der Waals surface area contributed by atoms with Crippen LogP contribution in [-0.2, 0) is 7.05 Å². The number of benzene rings is 1. The number of aryl methyl sites for hydroxylation is 2. The van der Waals surface area contributed by atoms with Crippen LogP contribution >= 0.6 is 0 Å². The van der Waals surface area contributed by atoms with Gasteiger partial charge >= 0.3 is 0 Å². The fourth-order valence-corrected chi connectivity index (χ4v) is 4.38. The van der Waals surface area contributed by atoms with Crippen molar-refractivity contribution in [2.45, 2.75) is 32.7 Å². The Morgan fingerprint density at radius 1 is 1.11 bits per heavy atom. The maximum absolute atomic E-state index is 5.92. The summed E-state index contributed by atoms with van der Waals surface area (Å²) in [6, 6.07) is 8.28. The van der Waals surface area contributed by atoms with E-state index in [0.717, 1.165) is 65.4 Å². The number of piperidine rings is 1. The Morgan fingerprint density at radius 2 is 1.94 bits per heavy atom. The van der Waals surface area contributed by atoms with Gasteiger partial charge in [-0.05, 0) is 71.1 Å². The van der Waals surface area contributed by atoms with Gasteiger partial charge in [0.25, 0.3) is 0 Å². The highest BCUT2D eigenvalue weighted by molar-refractivity contribution is 5.89. The average Bonchev–Trinajstić information content (AvgIpc) is 3.28. The van der Waals surface area contributed by atoms with Crippen molar-refractivity contribution >= 4 is 28.4 Å². The Labute approximate surface area is 204 Å². The van der Waals surface area contributed by atoms with Gasteiger partial charge < -0.3 is 24.8 Å². The summed E-state index contributed by atoms with van der Waals surface area (Å²) in [5.74, 6) is 2.76. The number of nitrogens with one attached hydrogen (secondary N) is 2. The van der Waals surface area contributed by atoms with Gasteiger partial charge in [-0.3, -0.25) is 0 Å². The van der Waals surface area contributed by atoms with E-state index in [0.29, 0.717) is 24.3 Å². The number of ether oxygens (including phenoxy) is 1. The van der Waals surface area contributed by atoms with E-state index in [1.54, 1.807) is 6.33 Å². The van der Waals surface area contributed by atoms with Gasteiger partial charge in [0.15, 0.2) is 11.6 Å². The lowest BCUT2D eigenvalue weighted by Gasteiger charge is -2.30. The predicted molar refractivity (Wildman–Crippen MR) is 137 cm³/mol. The third kappa shape index (κ3) is 5.02. The van der Waals surface area contributed by atoms with Crippen molar-refractivity contribution in [1.82, 2.24) is 34.6 Å². The lowest BCUT2D eigenvalue weighted by atomic mass is 10.1. The van der Waals surface area contributed by atoms with Crippen LogP contribution in [0.15, 0.2) is 36.8 Å². The number of nitrogens with zero attached hydrogens (tertiary/aromatic N) is 7. The zero-order chi connectivity index (χ0) is 24.4. The van der Waals surface area contributed by atoms with Crippen molar-refractivity contribution in [3.63, 3.8) is 0 Å². The van der Waals surface area contributed by atoms with Crippen molar-refractivity contribution in [2.24, 2.45) is 7.05 Å². The standard InChI is InChI=1S/C25H31N9O/c1-5-35-21-13-17(24-32-27-15-34(24)4)6-7-20(21)30-25-26-14-18-12-16(2)28-23(22(18)31-25)29-19-8-10-33(3)11-9-19/h6-7,12-15,19H,5,8-11H2,1-4H3,(H,28,29)(H,26,30,31). The van der Waals surface area contributed by atoms with E-state index in [1.807, 2.05) is 55.9 Å². The summed E-state index contributed by atoms with van der Waals surface area (Å²) >= 11 is 0. The summed E-state index contributed by atoms with van der Waals surface area (Å²) < 4.78 is 7.79. The van der Waals surface area contributed by atoms with Crippen LogP contribution in [0.25, 0.3) is 22.3 Å². The Morgan fingerprint density at radius 3 is 2.69 bits per heavy atom. The number of anilines is 3. The molecule has 3 aromatic heterocycles. The van der Waals surface area contributed by atoms with Gasteiger partial charge in [-0.2, -0.15) is 0 Å². The summed E-state index contributed by atoms with van der Waals surface area (Å²) in [4.78, 5) is 16.5. The fraction of sp³-hybridized carbons (Fsp3) is 0.400. The van der Waals surface area contributed by atoms with Crippen LogP contribution in [0.4, 0.5) is 17.5 Å². The molecule has 1 fully saturated rings. The fourth-order valence-electron chi connectivity index (χ4n) is 4.38. The lowest BCUT2D eigenvalue weighted by molar-refractivity contribution is 0.263. The molecule has 1 aromatic carbocycles. The molecular weight excluding hydrogens is 442 g/mol. The molecule has 1 aliphatic rings. The monoisotopic (exact) mass is 473 g/mol. The first kappa shape index (κ1) is 23.0. The largest absolute Gasteiger partial charge is 0.492 e. The minimum atomic E-state index is 0.382. The quantitative estimate of drug-likeness (QED) is 0.415. The average molecular weight is 474 g/mol. The molecule has 0 spiro atoms. The highest BCUT2D eigenvalue weighted by Crippen LogP contribution is 2.32. The van der Waals surface area contributed by atoms with Crippen LogP contribution in [-0.4, -0.2) is 67.4 Å². The van der Waals surface area contributed by atoms with Gasteiger partial charge in [0.05, 0.1) is 12.3 Å². The molecule has 0 saturated carbocycles. The zero-order valence-corrected chi connectivity index (χ0v) is 20.6. The van der Waals surface area contributed by atoms with Gasteiger partial charge in [0.2, 0.25) is 5.95 Å². The molecule has 10 heteroatoms. The van der Waals surface area contributed by atoms with Gasteiger partial charge in [0, 0.05) is 35.9 Å². The van der Waals surface area contributed by atoms with Crippen LogP contribution in [0.2, 0.25) is 0 Å². The molecule has 182 valence electrons. The van der Waals surface area contributed by atoms with Crippen molar-refractivity contribution in [1.29, 1.82) is 0 Å². The minimum Gasteiger partial charge on any atom is -0.492 e. The van der Waals surface area contributed by atoms with Gasteiger partial charge in [-0.25, -0.2) is 15.0 Å². The molecule has 0 bridgehead atoms. The van der Waals surface area contributed by atoms with E-state index < -0.39 is 0 Å². The van der Waals surface area contributed by atoms with E-state index in [2.05, 4.69) is 37.8 Å². The molecule has 0 radical (unpaired) electrons. The molecule has 10 nitrogen and oxygen atoms in total. The molecule has 1 aliphatic heterocycles. The molecule has 5 rings (SSSR count). The molecule has 4 aromatic rings. The maximum atomic E-state index is 5.92. The second-order valence-corrected chi connectivity index (χ2v) is 9.00. The number of likely N-dealkylation sites (tertiary alicyclic amines) is 1. The molecule has 4 heterocycles. The number of hydrogen-bond acceptors (Lipinski definition) is 9. The highest BCUT2D eigenvalue weighted by Gasteiger charge is 2.19. The SMILES string of the molecule is CCOc1cc(-c2nncn2C)ccc1Nc1ncc2cc(C)nc(NC3CCN(C)CC3)c2n1. The number of aromatic nitrogens is 6. The summed E-state index contributed by atoms with van der Waals surface area (Å²) in [6.07, 6.45) is 5.68. The van der Waals surface area contributed by atoms with Crippen LogP contribution in [0.1, 0.15) is 25.5 Å².